The van der Waals surface area contributed by atoms with Crippen LogP contribution in [0.15, 0.2) is 0 Å². The van der Waals surface area contributed by atoms with Crippen LogP contribution in [0.3, 0.4) is 0 Å². The molecule has 0 unspecified atom stereocenters. The Kier molecular flexibility index (Phi) is 5.91. The van der Waals surface area contributed by atoms with Crippen molar-refractivity contribution in [2.45, 2.75) is 50.8 Å². The van der Waals surface area contributed by atoms with Crippen LogP contribution in [0.2, 0.25) is 0 Å². The topological polar surface area (TPSA) is 56.2 Å². The highest BCUT2D eigenvalue weighted by Gasteiger charge is 2.42. The number of piperazine rings is 1. The highest BCUT2D eigenvalue weighted by Crippen LogP contribution is 2.27. The molecular weight excluding hydrogens is 294 g/mol. The fraction of sp³-hybridized carbons (Fsp3) is 0.941. The minimum Gasteiger partial charge on any atom is -0.392 e. The maximum Gasteiger partial charge on any atom is 0.240 e. The molecule has 0 aliphatic carbocycles. The molecule has 0 saturated carbocycles. The zero-order valence-corrected chi connectivity index (χ0v) is 14.3. The Balaban J connectivity index is 1.58. The zero-order chi connectivity index (χ0) is 16.2. The van der Waals surface area contributed by atoms with Gasteiger partial charge in [0, 0.05) is 52.0 Å². The first-order valence-electron chi connectivity index (χ1n) is 9.21. The average Bonchev–Trinajstić information content (AvgIpc) is 2.98. The molecule has 1 amide bonds. The minimum atomic E-state index is -0.367. The third-order valence-corrected chi connectivity index (χ3v) is 5.49. The maximum atomic E-state index is 13.0. The Bertz CT molecular complexity index is 393. The molecule has 0 aromatic heterocycles. The number of β-amino-alcohol motifs (C(OH)–C–C–N with tert-alkyl or cyclic N) is 1. The van der Waals surface area contributed by atoms with Crippen molar-refractivity contribution in [3.8, 4) is 0 Å². The Morgan fingerprint density at radius 1 is 1.17 bits per heavy atom. The van der Waals surface area contributed by atoms with E-state index in [2.05, 4.69) is 16.7 Å². The molecule has 0 aromatic rings. The van der Waals surface area contributed by atoms with Crippen molar-refractivity contribution in [2.75, 3.05) is 52.5 Å². The van der Waals surface area contributed by atoms with Crippen LogP contribution in [0, 0.1) is 0 Å². The lowest BCUT2D eigenvalue weighted by Gasteiger charge is -2.39. The van der Waals surface area contributed by atoms with E-state index < -0.39 is 0 Å². The first-order chi connectivity index (χ1) is 11.2. The van der Waals surface area contributed by atoms with Gasteiger partial charge in [-0.05, 0) is 32.2 Å². The summed E-state index contributed by atoms with van der Waals surface area (Å²) in [4.78, 5) is 19.7. The normalized spacial score (nSPS) is 31.7. The molecule has 6 heteroatoms. The number of aliphatic hydroxyl groups excluding tert-OH is 1. The smallest absolute Gasteiger partial charge is 0.240 e. The molecule has 3 rings (SSSR count). The fourth-order valence-corrected chi connectivity index (χ4v) is 4.22. The summed E-state index contributed by atoms with van der Waals surface area (Å²) in [5.41, 5.74) is 0. The van der Waals surface area contributed by atoms with E-state index in [4.69, 9.17) is 4.74 Å². The standard InChI is InChI=1S/C17H31N3O3/c1-2-5-18-6-8-19(9-7-18)17(22)16-12-15(21)13-20(16)14-3-10-23-11-4-14/h14-16,21H,2-13H2,1H3/t15-,16+/m1/s1. The number of amides is 1. The number of carbonyl (C=O) groups is 1. The van der Waals surface area contributed by atoms with Crippen LogP contribution in [0.5, 0.6) is 0 Å². The van der Waals surface area contributed by atoms with E-state index in [1.165, 1.54) is 6.42 Å². The van der Waals surface area contributed by atoms with Crippen LogP contribution < -0.4 is 0 Å². The SMILES string of the molecule is CCCN1CCN(C(=O)[C@@H]2C[C@@H](O)CN2C2CCOCC2)CC1. The van der Waals surface area contributed by atoms with Gasteiger partial charge in [-0.3, -0.25) is 14.6 Å². The van der Waals surface area contributed by atoms with E-state index in [-0.39, 0.29) is 18.1 Å². The van der Waals surface area contributed by atoms with Gasteiger partial charge < -0.3 is 14.7 Å². The minimum absolute atomic E-state index is 0.133. The Hall–Kier alpha value is -0.690. The van der Waals surface area contributed by atoms with Gasteiger partial charge in [-0.15, -0.1) is 0 Å². The summed E-state index contributed by atoms with van der Waals surface area (Å²) >= 11 is 0. The molecule has 0 radical (unpaired) electrons. The molecule has 23 heavy (non-hydrogen) atoms. The third-order valence-electron chi connectivity index (χ3n) is 5.49. The van der Waals surface area contributed by atoms with Crippen molar-refractivity contribution in [1.82, 2.24) is 14.7 Å². The summed E-state index contributed by atoms with van der Waals surface area (Å²) in [6.07, 6.45) is 3.33. The lowest BCUT2D eigenvalue weighted by atomic mass is 10.0. The second-order valence-electron chi connectivity index (χ2n) is 7.11. The average molecular weight is 325 g/mol. The van der Waals surface area contributed by atoms with Crippen LogP contribution in [-0.2, 0) is 9.53 Å². The van der Waals surface area contributed by atoms with E-state index in [0.29, 0.717) is 19.0 Å². The van der Waals surface area contributed by atoms with E-state index >= 15 is 0 Å². The van der Waals surface area contributed by atoms with Gasteiger partial charge in [0.05, 0.1) is 12.1 Å². The van der Waals surface area contributed by atoms with E-state index in [1.807, 2.05) is 4.90 Å². The number of aliphatic hydroxyl groups is 1. The molecule has 0 aromatic carbocycles. The first kappa shape index (κ1) is 17.1. The fourth-order valence-electron chi connectivity index (χ4n) is 4.22. The predicted molar refractivity (Wildman–Crippen MR) is 88.3 cm³/mol. The van der Waals surface area contributed by atoms with Crippen molar-refractivity contribution in [3.63, 3.8) is 0 Å². The van der Waals surface area contributed by atoms with Crippen LogP contribution in [0.1, 0.15) is 32.6 Å². The van der Waals surface area contributed by atoms with Crippen LogP contribution in [0.4, 0.5) is 0 Å². The summed E-state index contributed by atoms with van der Waals surface area (Å²) in [5, 5.41) is 10.1. The zero-order valence-electron chi connectivity index (χ0n) is 14.3. The number of rotatable bonds is 4. The maximum absolute atomic E-state index is 13.0. The molecule has 132 valence electrons. The van der Waals surface area contributed by atoms with E-state index in [9.17, 15) is 9.90 Å². The number of carbonyl (C=O) groups excluding carboxylic acids is 1. The number of ether oxygens (including phenoxy) is 1. The number of hydrogen-bond donors (Lipinski definition) is 1. The van der Waals surface area contributed by atoms with Crippen LogP contribution >= 0.6 is 0 Å². The Morgan fingerprint density at radius 2 is 1.87 bits per heavy atom. The van der Waals surface area contributed by atoms with Crippen molar-refractivity contribution in [1.29, 1.82) is 0 Å². The van der Waals surface area contributed by atoms with Gasteiger partial charge in [0.1, 0.15) is 0 Å². The molecule has 1 N–H and O–H groups in total. The molecular formula is C17H31N3O3. The van der Waals surface area contributed by atoms with Gasteiger partial charge in [-0.25, -0.2) is 0 Å². The molecule has 2 atom stereocenters. The molecule has 3 fully saturated rings. The largest absolute Gasteiger partial charge is 0.392 e. The van der Waals surface area contributed by atoms with Crippen molar-refractivity contribution in [2.24, 2.45) is 0 Å². The highest BCUT2D eigenvalue weighted by atomic mass is 16.5. The Labute approximate surface area is 139 Å². The monoisotopic (exact) mass is 325 g/mol. The van der Waals surface area contributed by atoms with Gasteiger partial charge in [0.25, 0.3) is 0 Å². The second kappa shape index (κ2) is 7.92. The van der Waals surface area contributed by atoms with Gasteiger partial charge in [-0.1, -0.05) is 6.92 Å². The summed E-state index contributed by atoms with van der Waals surface area (Å²) in [5.74, 6) is 0.226. The summed E-state index contributed by atoms with van der Waals surface area (Å²) < 4.78 is 5.44. The molecule has 3 saturated heterocycles. The Morgan fingerprint density at radius 3 is 2.52 bits per heavy atom. The van der Waals surface area contributed by atoms with Crippen LogP contribution in [-0.4, -0.2) is 96.4 Å². The molecule has 3 heterocycles. The van der Waals surface area contributed by atoms with Crippen molar-refractivity contribution >= 4 is 5.91 Å². The van der Waals surface area contributed by atoms with Crippen LogP contribution in [0.25, 0.3) is 0 Å². The molecule has 0 spiro atoms. The lowest BCUT2D eigenvalue weighted by Crippen LogP contribution is -2.55. The lowest BCUT2D eigenvalue weighted by molar-refractivity contribution is -0.139. The molecule has 3 aliphatic rings. The summed E-state index contributed by atoms with van der Waals surface area (Å²) in [6.45, 7) is 9.11. The number of hydrogen-bond acceptors (Lipinski definition) is 5. The van der Waals surface area contributed by atoms with E-state index in [1.54, 1.807) is 0 Å². The molecule has 6 nitrogen and oxygen atoms in total. The van der Waals surface area contributed by atoms with Gasteiger partial charge in [-0.2, -0.15) is 0 Å². The van der Waals surface area contributed by atoms with E-state index in [0.717, 1.165) is 58.8 Å². The van der Waals surface area contributed by atoms with Crippen molar-refractivity contribution < 1.29 is 14.6 Å². The number of nitrogens with zero attached hydrogens (tertiary/aromatic N) is 3. The highest BCUT2D eigenvalue weighted by molar-refractivity contribution is 5.82. The quantitative estimate of drug-likeness (QED) is 0.798. The van der Waals surface area contributed by atoms with Gasteiger partial charge >= 0.3 is 0 Å². The third kappa shape index (κ3) is 4.05. The summed E-state index contributed by atoms with van der Waals surface area (Å²) in [6, 6.07) is 0.252. The number of likely N-dealkylation sites (tertiary alicyclic amines) is 1. The summed E-state index contributed by atoms with van der Waals surface area (Å²) in [7, 11) is 0. The van der Waals surface area contributed by atoms with Gasteiger partial charge in [0.15, 0.2) is 0 Å². The predicted octanol–water partition coefficient (Wildman–Crippen LogP) is 0.155. The first-order valence-corrected chi connectivity index (χ1v) is 9.21. The van der Waals surface area contributed by atoms with Crippen molar-refractivity contribution in [3.05, 3.63) is 0 Å². The van der Waals surface area contributed by atoms with Gasteiger partial charge in [0.2, 0.25) is 5.91 Å². The molecule has 3 aliphatic heterocycles. The molecule has 0 bridgehead atoms. The second-order valence-corrected chi connectivity index (χ2v) is 7.11.